The van der Waals surface area contributed by atoms with E-state index in [1.807, 2.05) is 26.1 Å². The second-order valence-electron chi connectivity index (χ2n) is 4.40. The molecular formula is C15H16FNOS. The molecule has 1 amide bonds. The van der Waals surface area contributed by atoms with Crippen molar-refractivity contribution >= 4 is 17.2 Å². The van der Waals surface area contributed by atoms with E-state index in [0.717, 1.165) is 28.3 Å². The Hall–Kier alpha value is -1.68. The maximum Gasteiger partial charge on any atom is 0.263 e. The number of benzene rings is 1. The number of carbonyl (C=O) groups is 1. The molecule has 1 heterocycles. The monoisotopic (exact) mass is 277 g/mol. The number of hydrogen-bond donors (Lipinski definition) is 0. The first-order valence-electron chi connectivity index (χ1n) is 6.23. The lowest BCUT2D eigenvalue weighted by molar-refractivity contribution is 0.0800. The predicted octanol–water partition coefficient (Wildman–Crippen LogP) is 4.04. The van der Waals surface area contributed by atoms with E-state index in [1.165, 1.54) is 23.5 Å². The zero-order valence-corrected chi connectivity index (χ0v) is 11.8. The van der Waals surface area contributed by atoms with Crippen LogP contribution >= 0.6 is 11.3 Å². The van der Waals surface area contributed by atoms with Crippen molar-refractivity contribution in [3.05, 3.63) is 47.1 Å². The fourth-order valence-electron chi connectivity index (χ4n) is 1.85. The topological polar surface area (TPSA) is 20.3 Å². The molecule has 0 unspecified atom stereocenters. The number of amides is 1. The molecule has 0 fully saturated rings. The summed E-state index contributed by atoms with van der Waals surface area (Å²) in [4.78, 5) is 15.5. The third-order valence-corrected chi connectivity index (χ3v) is 3.97. The lowest BCUT2D eigenvalue weighted by Crippen LogP contribution is -2.26. The van der Waals surface area contributed by atoms with Gasteiger partial charge in [0.25, 0.3) is 5.91 Å². The molecule has 4 heteroatoms. The van der Waals surface area contributed by atoms with Crippen molar-refractivity contribution in [2.75, 3.05) is 13.6 Å². The molecule has 1 aromatic carbocycles. The number of hydrogen-bond acceptors (Lipinski definition) is 2. The summed E-state index contributed by atoms with van der Waals surface area (Å²) in [5, 5.41) is 0. The predicted molar refractivity (Wildman–Crippen MR) is 77.0 cm³/mol. The van der Waals surface area contributed by atoms with E-state index in [4.69, 9.17) is 0 Å². The van der Waals surface area contributed by atoms with Gasteiger partial charge in [-0.15, -0.1) is 11.3 Å². The van der Waals surface area contributed by atoms with Crippen LogP contribution in [0.15, 0.2) is 36.4 Å². The summed E-state index contributed by atoms with van der Waals surface area (Å²) in [5.74, 6) is -0.209. The highest BCUT2D eigenvalue weighted by Gasteiger charge is 2.14. The molecule has 0 aliphatic rings. The third kappa shape index (κ3) is 3.20. The minimum Gasteiger partial charge on any atom is -0.341 e. The van der Waals surface area contributed by atoms with Gasteiger partial charge in [-0.25, -0.2) is 4.39 Å². The molecule has 0 saturated carbocycles. The number of rotatable bonds is 4. The van der Waals surface area contributed by atoms with E-state index in [2.05, 4.69) is 0 Å². The second-order valence-corrected chi connectivity index (χ2v) is 5.48. The summed E-state index contributed by atoms with van der Waals surface area (Å²) in [6.07, 6.45) is 0.943. The SMILES string of the molecule is CCCN(C)C(=O)c1ccc(-c2ccc(F)cc2)s1. The Morgan fingerprint density at radius 1 is 1.21 bits per heavy atom. The summed E-state index contributed by atoms with van der Waals surface area (Å²) >= 11 is 1.44. The summed E-state index contributed by atoms with van der Waals surface area (Å²) in [7, 11) is 1.81. The molecule has 0 N–H and O–H groups in total. The number of halogens is 1. The Morgan fingerprint density at radius 3 is 2.53 bits per heavy atom. The van der Waals surface area contributed by atoms with Gasteiger partial charge in [0.15, 0.2) is 0 Å². The van der Waals surface area contributed by atoms with Gasteiger partial charge in [-0.3, -0.25) is 4.79 Å². The standard InChI is InChI=1S/C15H16FNOS/c1-3-10-17(2)15(18)14-9-8-13(19-14)11-4-6-12(16)7-5-11/h4-9H,3,10H2,1-2H3. The van der Waals surface area contributed by atoms with Crippen LogP contribution in [0.3, 0.4) is 0 Å². The summed E-state index contributed by atoms with van der Waals surface area (Å²) in [6.45, 7) is 2.80. The van der Waals surface area contributed by atoms with Gasteiger partial charge in [0.2, 0.25) is 0 Å². The fourth-order valence-corrected chi connectivity index (χ4v) is 2.85. The summed E-state index contributed by atoms with van der Waals surface area (Å²) in [5.41, 5.74) is 0.934. The van der Waals surface area contributed by atoms with Crippen LogP contribution in [-0.2, 0) is 0 Å². The molecule has 0 spiro atoms. The Bertz CT molecular complexity index is 562. The first kappa shape index (κ1) is 13.7. The van der Waals surface area contributed by atoms with Crippen LogP contribution in [0.2, 0.25) is 0 Å². The van der Waals surface area contributed by atoms with Crippen LogP contribution in [0.4, 0.5) is 4.39 Å². The minimum absolute atomic E-state index is 0.0419. The van der Waals surface area contributed by atoms with Crippen molar-refractivity contribution in [3.8, 4) is 10.4 Å². The lowest BCUT2D eigenvalue weighted by Gasteiger charge is -2.14. The van der Waals surface area contributed by atoms with Gasteiger partial charge in [-0.2, -0.15) is 0 Å². The smallest absolute Gasteiger partial charge is 0.263 e. The van der Waals surface area contributed by atoms with E-state index in [0.29, 0.717) is 0 Å². The molecule has 100 valence electrons. The van der Waals surface area contributed by atoms with Crippen LogP contribution in [0.25, 0.3) is 10.4 Å². The summed E-state index contributed by atoms with van der Waals surface area (Å²) < 4.78 is 12.9. The molecule has 0 saturated heterocycles. The van der Waals surface area contributed by atoms with Crippen molar-refractivity contribution in [2.24, 2.45) is 0 Å². The quantitative estimate of drug-likeness (QED) is 0.826. The van der Waals surface area contributed by atoms with E-state index >= 15 is 0 Å². The molecule has 0 aliphatic carbocycles. The molecule has 0 radical (unpaired) electrons. The Balaban J connectivity index is 2.19. The molecule has 19 heavy (non-hydrogen) atoms. The number of carbonyl (C=O) groups excluding carboxylic acids is 1. The largest absolute Gasteiger partial charge is 0.341 e. The zero-order valence-electron chi connectivity index (χ0n) is 11.0. The first-order valence-corrected chi connectivity index (χ1v) is 7.04. The van der Waals surface area contributed by atoms with E-state index in [1.54, 1.807) is 17.0 Å². The van der Waals surface area contributed by atoms with Crippen LogP contribution in [0, 0.1) is 5.82 Å². The van der Waals surface area contributed by atoms with Crippen molar-refractivity contribution in [1.29, 1.82) is 0 Å². The maximum atomic E-state index is 12.9. The lowest BCUT2D eigenvalue weighted by atomic mass is 10.2. The molecular weight excluding hydrogens is 261 g/mol. The summed E-state index contributed by atoms with van der Waals surface area (Å²) in [6, 6.07) is 10.1. The highest BCUT2D eigenvalue weighted by Crippen LogP contribution is 2.28. The average molecular weight is 277 g/mol. The van der Waals surface area contributed by atoms with Crippen molar-refractivity contribution < 1.29 is 9.18 Å². The third-order valence-electron chi connectivity index (χ3n) is 2.85. The van der Waals surface area contributed by atoms with Gasteiger partial charge in [0.05, 0.1) is 4.88 Å². The van der Waals surface area contributed by atoms with Gasteiger partial charge in [0.1, 0.15) is 5.82 Å². The van der Waals surface area contributed by atoms with Crippen molar-refractivity contribution in [3.63, 3.8) is 0 Å². The van der Waals surface area contributed by atoms with Crippen molar-refractivity contribution in [1.82, 2.24) is 4.90 Å². The Labute approximate surface area is 116 Å². The Kier molecular flexibility index (Phi) is 4.32. The molecule has 0 aliphatic heterocycles. The molecule has 2 nitrogen and oxygen atoms in total. The van der Waals surface area contributed by atoms with Crippen LogP contribution < -0.4 is 0 Å². The fraction of sp³-hybridized carbons (Fsp3) is 0.267. The van der Waals surface area contributed by atoms with Gasteiger partial charge in [-0.1, -0.05) is 19.1 Å². The van der Waals surface area contributed by atoms with E-state index in [-0.39, 0.29) is 11.7 Å². The Morgan fingerprint density at radius 2 is 1.89 bits per heavy atom. The number of thiophene rings is 1. The molecule has 2 rings (SSSR count). The zero-order chi connectivity index (χ0) is 13.8. The average Bonchev–Trinajstić information content (AvgIpc) is 2.88. The van der Waals surface area contributed by atoms with Crippen LogP contribution in [-0.4, -0.2) is 24.4 Å². The molecule has 0 atom stereocenters. The van der Waals surface area contributed by atoms with Gasteiger partial charge in [0, 0.05) is 18.5 Å². The van der Waals surface area contributed by atoms with E-state index in [9.17, 15) is 9.18 Å². The molecule has 0 bridgehead atoms. The molecule has 1 aromatic heterocycles. The van der Waals surface area contributed by atoms with Gasteiger partial charge < -0.3 is 4.90 Å². The normalized spacial score (nSPS) is 10.5. The van der Waals surface area contributed by atoms with Crippen LogP contribution in [0.1, 0.15) is 23.0 Å². The second kappa shape index (κ2) is 5.97. The molecule has 2 aromatic rings. The van der Waals surface area contributed by atoms with Gasteiger partial charge >= 0.3 is 0 Å². The first-order chi connectivity index (χ1) is 9.11. The number of nitrogens with zero attached hydrogens (tertiary/aromatic N) is 1. The van der Waals surface area contributed by atoms with Crippen molar-refractivity contribution in [2.45, 2.75) is 13.3 Å². The van der Waals surface area contributed by atoms with Gasteiger partial charge in [-0.05, 0) is 36.2 Å². The minimum atomic E-state index is -0.251. The maximum absolute atomic E-state index is 12.9. The van der Waals surface area contributed by atoms with Crippen LogP contribution in [0.5, 0.6) is 0 Å². The highest BCUT2D eigenvalue weighted by molar-refractivity contribution is 7.17. The highest BCUT2D eigenvalue weighted by atomic mass is 32.1. The van der Waals surface area contributed by atoms with E-state index < -0.39 is 0 Å².